The van der Waals surface area contributed by atoms with Crippen LogP contribution in [0, 0.1) is 0 Å². The molecule has 0 spiro atoms. The number of anilines is 1. The summed E-state index contributed by atoms with van der Waals surface area (Å²) >= 11 is 0. The molecule has 0 fully saturated rings. The molecule has 1 rings (SSSR count). The van der Waals surface area contributed by atoms with Gasteiger partial charge in [0.25, 0.3) is 0 Å². The molecule has 102 valence electrons. The molecule has 1 aromatic carbocycles. The maximum Gasteiger partial charge on any atom is 0.142 e. The van der Waals surface area contributed by atoms with E-state index in [2.05, 4.69) is 30.9 Å². The zero-order valence-electron chi connectivity index (χ0n) is 11.9. The van der Waals surface area contributed by atoms with Crippen LogP contribution in [0.1, 0.15) is 33.1 Å². The van der Waals surface area contributed by atoms with Gasteiger partial charge in [0.2, 0.25) is 0 Å². The van der Waals surface area contributed by atoms with Gasteiger partial charge in [-0.05, 0) is 37.9 Å². The van der Waals surface area contributed by atoms with Crippen molar-refractivity contribution in [2.24, 2.45) is 5.73 Å². The van der Waals surface area contributed by atoms with Crippen molar-refractivity contribution in [2.45, 2.75) is 39.2 Å². The predicted molar refractivity (Wildman–Crippen MR) is 78.4 cm³/mol. The molecule has 0 saturated carbocycles. The second kappa shape index (κ2) is 7.98. The summed E-state index contributed by atoms with van der Waals surface area (Å²) < 4.78 is 5.47. The fourth-order valence-electron chi connectivity index (χ4n) is 2.36. The highest BCUT2D eigenvalue weighted by Crippen LogP contribution is 2.30. The molecule has 3 nitrogen and oxygen atoms in total. The van der Waals surface area contributed by atoms with Gasteiger partial charge < -0.3 is 15.4 Å². The molecule has 0 unspecified atom stereocenters. The van der Waals surface area contributed by atoms with Crippen molar-refractivity contribution >= 4 is 5.69 Å². The molecule has 18 heavy (non-hydrogen) atoms. The molecular formula is C15H26N2O. The van der Waals surface area contributed by atoms with Crippen molar-refractivity contribution in [1.82, 2.24) is 0 Å². The van der Waals surface area contributed by atoms with Gasteiger partial charge in [-0.2, -0.15) is 0 Å². The zero-order chi connectivity index (χ0) is 13.4. The van der Waals surface area contributed by atoms with E-state index in [1.165, 1.54) is 5.69 Å². The monoisotopic (exact) mass is 250 g/mol. The van der Waals surface area contributed by atoms with Crippen LogP contribution in [0.5, 0.6) is 5.75 Å². The van der Waals surface area contributed by atoms with Crippen molar-refractivity contribution in [2.75, 3.05) is 25.1 Å². The topological polar surface area (TPSA) is 38.5 Å². The molecule has 2 N–H and O–H groups in total. The van der Waals surface area contributed by atoms with Crippen molar-refractivity contribution in [3.05, 3.63) is 24.3 Å². The summed E-state index contributed by atoms with van der Waals surface area (Å²) in [5, 5.41) is 0. The van der Waals surface area contributed by atoms with E-state index < -0.39 is 0 Å². The summed E-state index contributed by atoms with van der Waals surface area (Å²) in [6, 6.07) is 8.78. The van der Waals surface area contributed by atoms with Crippen LogP contribution in [0.25, 0.3) is 0 Å². The van der Waals surface area contributed by atoms with E-state index in [4.69, 9.17) is 10.5 Å². The predicted octanol–water partition coefficient (Wildman–Crippen LogP) is 3.04. The third-order valence-corrected chi connectivity index (χ3v) is 3.38. The fourth-order valence-corrected chi connectivity index (χ4v) is 2.36. The van der Waals surface area contributed by atoms with Gasteiger partial charge in [-0.1, -0.05) is 26.0 Å². The molecular weight excluding hydrogens is 224 g/mol. The average molecular weight is 250 g/mol. The highest BCUT2D eigenvalue weighted by atomic mass is 16.5. The van der Waals surface area contributed by atoms with Crippen molar-refractivity contribution in [3.63, 3.8) is 0 Å². The molecule has 3 heteroatoms. The van der Waals surface area contributed by atoms with Gasteiger partial charge in [-0.25, -0.2) is 0 Å². The third-order valence-electron chi connectivity index (χ3n) is 3.38. The molecule has 0 aliphatic carbocycles. The molecule has 0 heterocycles. The molecule has 0 radical (unpaired) electrons. The van der Waals surface area contributed by atoms with E-state index in [1.807, 2.05) is 12.1 Å². The smallest absolute Gasteiger partial charge is 0.142 e. The molecule has 0 amide bonds. The van der Waals surface area contributed by atoms with Gasteiger partial charge in [-0.3, -0.25) is 0 Å². The summed E-state index contributed by atoms with van der Waals surface area (Å²) in [6.45, 7) is 6.19. The summed E-state index contributed by atoms with van der Waals surface area (Å²) in [7, 11) is 1.73. The first kappa shape index (κ1) is 14.8. The minimum absolute atomic E-state index is 0.549. The Bertz CT molecular complexity index is 337. The van der Waals surface area contributed by atoms with E-state index in [0.717, 1.165) is 38.1 Å². The Kier molecular flexibility index (Phi) is 6.58. The number of hydrogen-bond acceptors (Lipinski definition) is 3. The Labute approximate surface area is 111 Å². The van der Waals surface area contributed by atoms with Crippen LogP contribution in [0.2, 0.25) is 0 Å². The summed E-state index contributed by atoms with van der Waals surface area (Å²) in [5.74, 6) is 0.946. The molecule has 0 atom stereocenters. The average Bonchev–Trinajstić information content (AvgIpc) is 2.43. The van der Waals surface area contributed by atoms with Gasteiger partial charge in [0, 0.05) is 12.6 Å². The van der Waals surface area contributed by atoms with Crippen LogP contribution >= 0.6 is 0 Å². The quantitative estimate of drug-likeness (QED) is 0.770. The summed E-state index contributed by atoms with van der Waals surface area (Å²) in [6.07, 6.45) is 3.28. The van der Waals surface area contributed by atoms with Crippen molar-refractivity contribution < 1.29 is 4.74 Å². The van der Waals surface area contributed by atoms with Gasteiger partial charge in [0.15, 0.2) is 0 Å². The fraction of sp³-hybridized carbons (Fsp3) is 0.600. The Morgan fingerprint density at radius 3 is 2.44 bits per heavy atom. The normalized spacial score (nSPS) is 10.7. The zero-order valence-corrected chi connectivity index (χ0v) is 11.9. The van der Waals surface area contributed by atoms with Crippen LogP contribution in [-0.4, -0.2) is 26.2 Å². The second-order valence-corrected chi connectivity index (χ2v) is 4.48. The summed E-state index contributed by atoms with van der Waals surface area (Å²) in [4.78, 5) is 2.44. The highest BCUT2D eigenvalue weighted by molar-refractivity contribution is 5.59. The maximum atomic E-state index is 5.65. The maximum absolute atomic E-state index is 5.65. The van der Waals surface area contributed by atoms with Gasteiger partial charge in [-0.15, -0.1) is 0 Å². The lowest BCUT2D eigenvalue weighted by Crippen LogP contribution is -2.36. The highest BCUT2D eigenvalue weighted by Gasteiger charge is 2.18. The van der Waals surface area contributed by atoms with Crippen LogP contribution < -0.4 is 15.4 Å². The third kappa shape index (κ3) is 3.64. The van der Waals surface area contributed by atoms with Gasteiger partial charge >= 0.3 is 0 Å². The molecule has 0 bridgehead atoms. The number of benzene rings is 1. The first-order valence-corrected chi connectivity index (χ1v) is 6.88. The SMILES string of the molecule is CCC(CC)N(CCCN)c1ccccc1OC. The van der Waals surface area contributed by atoms with Crippen LogP contribution in [-0.2, 0) is 0 Å². The Hall–Kier alpha value is -1.22. The molecule has 0 aliphatic rings. The number of rotatable bonds is 8. The lowest BCUT2D eigenvalue weighted by atomic mass is 10.1. The first-order chi connectivity index (χ1) is 8.78. The van der Waals surface area contributed by atoms with Crippen LogP contribution in [0.3, 0.4) is 0 Å². The lowest BCUT2D eigenvalue weighted by molar-refractivity contribution is 0.411. The largest absolute Gasteiger partial charge is 0.495 e. The summed E-state index contributed by atoms with van der Waals surface area (Å²) in [5.41, 5.74) is 6.83. The number of methoxy groups -OCH3 is 1. The Balaban J connectivity index is 2.99. The number of hydrogen-bond donors (Lipinski definition) is 1. The van der Waals surface area contributed by atoms with E-state index >= 15 is 0 Å². The molecule has 0 saturated heterocycles. The number of ether oxygens (including phenoxy) is 1. The minimum atomic E-state index is 0.549. The number of nitrogens with two attached hydrogens (primary N) is 1. The standard InChI is InChI=1S/C15H26N2O/c1-4-13(5-2)17(12-8-11-16)14-9-6-7-10-15(14)18-3/h6-7,9-10,13H,4-5,8,11-12,16H2,1-3H3. The van der Waals surface area contributed by atoms with Gasteiger partial charge in [0.05, 0.1) is 12.8 Å². The second-order valence-electron chi connectivity index (χ2n) is 4.48. The molecule has 0 aliphatic heterocycles. The van der Waals surface area contributed by atoms with E-state index in [1.54, 1.807) is 7.11 Å². The molecule has 1 aromatic rings. The first-order valence-electron chi connectivity index (χ1n) is 6.88. The van der Waals surface area contributed by atoms with Crippen LogP contribution in [0.4, 0.5) is 5.69 Å². The van der Waals surface area contributed by atoms with Crippen molar-refractivity contribution in [1.29, 1.82) is 0 Å². The van der Waals surface area contributed by atoms with Crippen molar-refractivity contribution in [3.8, 4) is 5.75 Å². The Morgan fingerprint density at radius 2 is 1.89 bits per heavy atom. The van der Waals surface area contributed by atoms with Gasteiger partial charge in [0.1, 0.15) is 5.75 Å². The van der Waals surface area contributed by atoms with E-state index in [0.29, 0.717) is 6.04 Å². The Morgan fingerprint density at radius 1 is 1.22 bits per heavy atom. The van der Waals surface area contributed by atoms with Crippen LogP contribution in [0.15, 0.2) is 24.3 Å². The lowest BCUT2D eigenvalue weighted by Gasteiger charge is -2.33. The van der Waals surface area contributed by atoms with E-state index in [9.17, 15) is 0 Å². The van der Waals surface area contributed by atoms with E-state index in [-0.39, 0.29) is 0 Å². The minimum Gasteiger partial charge on any atom is -0.495 e. The molecule has 0 aromatic heterocycles. The number of para-hydroxylation sites is 2. The number of nitrogens with zero attached hydrogens (tertiary/aromatic N) is 1.